The van der Waals surface area contributed by atoms with E-state index in [4.69, 9.17) is 49.0 Å². The molecule has 8 nitrogen and oxygen atoms in total. The third-order valence-electron chi connectivity index (χ3n) is 5.54. The van der Waals surface area contributed by atoms with E-state index in [0.717, 1.165) is 22.2 Å². The Balaban J connectivity index is 1.47. The van der Waals surface area contributed by atoms with Gasteiger partial charge in [-0.3, -0.25) is 19.3 Å². The number of carbonyl (C=O) groups is 3. The van der Waals surface area contributed by atoms with E-state index in [0.29, 0.717) is 45.2 Å². The lowest BCUT2D eigenvalue weighted by Gasteiger charge is -2.15. The molecule has 0 atom stereocenters. The Kier molecular flexibility index (Phi) is 9.86. The minimum absolute atomic E-state index is 0.138. The summed E-state index contributed by atoms with van der Waals surface area (Å²) in [5.74, 6) is 0.0131. The number of thioether (sulfide) groups is 1. The van der Waals surface area contributed by atoms with Crippen molar-refractivity contribution in [2.45, 2.75) is 13.5 Å². The Morgan fingerprint density at radius 1 is 0.975 bits per heavy atom. The molecule has 4 rings (SSSR count). The molecule has 1 aliphatic rings. The summed E-state index contributed by atoms with van der Waals surface area (Å²) in [5.41, 5.74) is 1.81. The summed E-state index contributed by atoms with van der Waals surface area (Å²) in [6.07, 6.45) is 1.52. The van der Waals surface area contributed by atoms with Crippen LogP contribution in [0.25, 0.3) is 6.08 Å². The van der Waals surface area contributed by atoms with Crippen molar-refractivity contribution in [1.29, 1.82) is 0 Å². The molecule has 3 amide bonds. The monoisotopic (exact) mass is 620 g/mol. The molecule has 12 heteroatoms. The summed E-state index contributed by atoms with van der Waals surface area (Å²) in [7, 11) is 1.48. The number of rotatable bonds is 10. The molecule has 0 aromatic heterocycles. The van der Waals surface area contributed by atoms with Crippen LogP contribution < -0.4 is 19.5 Å². The number of hydrogen-bond acceptors (Lipinski definition) is 7. The molecule has 1 fully saturated rings. The van der Waals surface area contributed by atoms with E-state index in [1.807, 2.05) is 19.1 Å². The van der Waals surface area contributed by atoms with Crippen molar-refractivity contribution in [2.24, 2.45) is 0 Å². The molecule has 0 aliphatic carbocycles. The minimum Gasteiger partial charge on any atom is -0.495 e. The van der Waals surface area contributed by atoms with E-state index in [1.165, 1.54) is 19.3 Å². The van der Waals surface area contributed by atoms with E-state index in [-0.39, 0.29) is 16.5 Å². The van der Waals surface area contributed by atoms with Crippen LogP contribution in [-0.4, -0.2) is 42.2 Å². The van der Waals surface area contributed by atoms with Crippen molar-refractivity contribution >= 4 is 75.4 Å². The van der Waals surface area contributed by atoms with Gasteiger partial charge in [0.05, 0.1) is 28.7 Å². The molecule has 40 heavy (non-hydrogen) atoms. The van der Waals surface area contributed by atoms with Gasteiger partial charge >= 0.3 is 0 Å². The number of benzene rings is 3. The van der Waals surface area contributed by atoms with Crippen molar-refractivity contribution in [3.05, 3.63) is 85.7 Å². The molecule has 0 spiro atoms. The first-order valence-electron chi connectivity index (χ1n) is 11.9. The van der Waals surface area contributed by atoms with Crippen molar-refractivity contribution in [3.63, 3.8) is 0 Å². The standard InChI is InChI=1S/C28H23Cl3N2O6S/c1-3-38-23-11-17(10-21(31)26(23)39-15-16-4-6-18(29)7-5-16)12-24-27(35)33(28(36)40-24)14-25(34)32-19-8-9-22(37-2)20(30)13-19/h4-13H,3,14-15H2,1-2H3,(H,32,34)/b24-12+. The molecule has 1 N–H and O–H groups in total. The van der Waals surface area contributed by atoms with Gasteiger partial charge in [0.1, 0.15) is 18.9 Å². The largest absolute Gasteiger partial charge is 0.495 e. The smallest absolute Gasteiger partial charge is 0.294 e. The zero-order valence-corrected chi connectivity index (χ0v) is 24.4. The molecule has 1 heterocycles. The molecule has 0 saturated carbocycles. The first kappa shape index (κ1) is 29.6. The molecule has 1 aliphatic heterocycles. The van der Waals surface area contributed by atoms with Crippen LogP contribution in [0.4, 0.5) is 10.5 Å². The zero-order valence-electron chi connectivity index (χ0n) is 21.3. The van der Waals surface area contributed by atoms with Crippen LogP contribution in [0.2, 0.25) is 15.1 Å². The molecule has 3 aromatic carbocycles. The van der Waals surface area contributed by atoms with E-state index >= 15 is 0 Å². The average Bonchev–Trinajstić information content (AvgIpc) is 3.16. The van der Waals surface area contributed by atoms with Gasteiger partial charge in [-0.25, -0.2) is 0 Å². The molecule has 0 unspecified atom stereocenters. The van der Waals surface area contributed by atoms with Crippen LogP contribution in [-0.2, 0) is 16.2 Å². The first-order chi connectivity index (χ1) is 19.2. The fraction of sp³-hybridized carbons (Fsp3) is 0.179. The number of methoxy groups -OCH3 is 1. The van der Waals surface area contributed by atoms with E-state index in [2.05, 4.69) is 5.32 Å². The zero-order chi connectivity index (χ0) is 28.8. The fourth-order valence-corrected chi connectivity index (χ4v) is 5.18. The van der Waals surface area contributed by atoms with Crippen LogP contribution in [0, 0.1) is 0 Å². The lowest BCUT2D eigenvalue weighted by Crippen LogP contribution is -2.36. The highest BCUT2D eigenvalue weighted by molar-refractivity contribution is 8.18. The summed E-state index contributed by atoms with van der Waals surface area (Å²) in [4.78, 5) is 39.1. The third kappa shape index (κ3) is 7.22. The van der Waals surface area contributed by atoms with Gasteiger partial charge in [0, 0.05) is 10.7 Å². The summed E-state index contributed by atoms with van der Waals surface area (Å²) in [6.45, 7) is 1.94. The van der Waals surface area contributed by atoms with Gasteiger partial charge in [-0.05, 0) is 78.4 Å². The molecule has 208 valence electrons. The van der Waals surface area contributed by atoms with Crippen molar-refractivity contribution < 1.29 is 28.6 Å². The van der Waals surface area contributed by atoms with Gasteiger partial charge in [-0.1, -0.05) is 46.9 Å². The van der Waals surface area contributed by atoms with Gasteiger partial charge in [-0.2, -0.15) is 0 Å². The second-order valence-electron chi connectivity index (χ2n) is 8.34. The normalized spacial score (nSPS) is 14.0. The Hall–Kier alpha value is -3.37. The van der Waals surface area contributed by atoms with E-state index in [9.17, 15) is 14.4 Å². The first-order valence-corrected chi connectivity index (χ1v) is 13.9. The van der Waals surface area contributed by atoms with Gasteiger partial charge in [0.15, 0.2) is 11.5 Å². The maximum atomic E-state index is 13.0. The van der Waals surface area contributed by atoms with Crippen molar-refractivity contribution in [3.8, 4) is 17.2 Å². The summed E-state index contributed by atoms with van der Waals surface area (Å²) in [5, 5.41) is 3.24. The van der Waals surface area contributed by atoms with Gasteiger partial charge < -0.3 is 19.5 Å². The molecular weight excluding hydrogens is 599 g/mol. The van der Waals surface area contributed by atoms with Crippen molar-refractivity contribution in [2.75, 3.05) is 25.6 Å². The van der Waals surface area contributed by atoms with Crippen LogP contribution in [0.3, 0.4) is 0 Å². The predicted molar refractivity (Wildman–Crippen MR) is 158 cm³/mol. The number of carbonyl (C=O) groups excluding carboxylic acids is 3. The molecular formula is C28H23Cl3N2O6S. The van der Waals surface area contributed by atoms with Crippen LogP contribution in [0.15, 0.2) is 59.5 Å². The highest BCUT2D eigenvalue weighted by Crippen LogP contribution is 2.39. The molecule has 1 saturated heterocycles. The number of nitrogens with one attached hydrogen (secondary N) is 1. The van der Waals surface area contributed by atoms with Gasteiger partial charge in [0.25, 0.3) is 11.1 Å². The number of anilines is 1. The highest BCUT2D eigenvalue weighted by Gasteiger charge is 2.36. The van der Waals surface area contributed by atoms with Crippen LogP contribution >= 0.6 is 46.6 Å². The SMILES string of the molecule is CCOc1cc(/C=C2/SC(=O)N(CC(=O)Nc3ccc(OC)c(Cl)c3)C2=O)cc(Cl)c1OCc1ccc(Cl)cc1. The summed E-state index contributed by atoms with van der Waals surface area (Å²) in [6, 6.07) is 15.2. The Morgan fingerprint density at radius 3 is 2.40 bits per heavy atom. The maximum absolute atomic E-state index is 13.0. The maximum Gasteiger partial charge on any atom is 0.294 e. The Bertz CT molecular complexity index is 1480. The average molecular weight is 622 g/mol. The summed E-state index contributed by atoms with van der Waals surface area (Å²) < 4.78 is 16.7. The van der Waals surface area contributed by atoms with Crippen molar-refractivity contribution in [1.82, 2.24) is 4.90 Å². The number of ether oxygens (including phenoxy) is 3. The fourth-order valence-electron chi connectivity index (χ4n) is 3.69. The van der Waals surface area contributed by atoms with Gasteiger partial charge in [-0.15, -0.1) is 0 Å². The van der Waals surface area contributed by atoms with E-state index < -0.39 is 23.6 Å². The highest BCUT2D eigenvalue weighted by atomic mass is 35.5. The van der Waals surface area contributed by atoms with Crippen LogP contribution in [0.5, 0.6) is 17.2 Å². The third-order valence-corrected chi connectivity index (χ3v) is 7.27. The number of amides is 3. The minimum atomic E-state index is -0.602. The van der Waals surface area contributed by atoms with Crippen LogP contribution in [0.1, 0.15) is 18.1 Å². The quantitative estimate of drug-likeness (QED) is 0.237. The summed E-state index contributed by atoms with van der Waals surface area (Å²) >= 11 is 19.3. The number of halogens is 3. The van der Waals surface area contributed by atoms with Gasteiger partial charge in [0.2, 0.25) is 5.91 Å². The Morgan fingerprint density at radius 2 is 1.73 bits per heavy atom. The molecule has 0 radical (unpaired) electrons. The van der Waals surface area contributed by atoms with E-state index in [1.54, 1.807) is 36.4 Å². The molecule has 0 bridgehead atoms. The lowest BCUT2D eigenvalue weighted by atomic mass is 10.1. The lowest BCUT2D eigenvalue weighted by molar-refractivity contribution is -0.127. The second kappa shape index (κ2) is 13.3. The molecule has 3 aromatic rings. The Labute approximate surface area is 250 Å². The second-order valence-corrected chi connectivity index (χ2v) is 10.6. The number of nitrogens with zero attached hydrogens (tertiary/aromatic N) is 1. The number of hydrogen-bond donors (Lipinski definition) is 1. The predicted octanol–water partition coefficient (Wildman–Crippen LogP) is 7.31. The topological polar surface area (TPSA) is 94.2 Å². The number of imide groups is 1.